The largest absolute Gasteiger partial charge is 0.271 e. The first-order valence-electron chi connectivity index (χ1n) is 2.50. The molecular weight excluding hydrogens is 104 g/mol. The number of hydrogen-bond donors (Lipinski definition) is 1. The van der Waals surface area contributed by atoms with Crippen LogP contribution in [0.25, 0.3) is 0 Å². The first-order chi connectivity index (χ1) is 3.84. The monoisotopic (exact) mass is 112 g/mol. The van der Waals surface area contributed by atoms with E-state index in [-0.39, 0.29) is 5.91 Å². The Labute approximate surface area is 47.9 Å². The summed E-state index contributed by atoms with van der Waals surface area (Å²) >= 11 is 0. The number of hydrazine groups is 1. The lowest BCUT2D eigenvalue weighted by molar-refractivity contribution is -0.126. The van der Waals surface area contributed by atoms with Gasteiger partial charge in [0.1, 0.15) is 0 Å². The van der Waals surface area contributed by atoms with Gasteiger partial charge in [0.2, 0.25) is 0 Å². The van der Waals surface area contributed by atoms with Crippen molar-refractivity contribution in [2.45, 2.75) is 0 Å². The summed E-state index contributed by atoms with van der Waals surface area (Å²) in [5.41, 5.74) is 2.73. The molecule has 1 amide bonds. The van der Waals surface area contributed by atoms with Gasteiger partial charge in [-0.25, -0.2) is 5.43 Å². The SMILES string of the molecule is CNN1CC=CC1=O. The number of nitrogens with zero attached hydrogens (tertiary/aromatic N) is 1. The molecule has 0 bridgehead atoms. The Morgan fingerprint density at radius 3 is 2.88 bits per heavy atom. The minimum absolute atomic E-state index is 0.0347. The minimum Gasteiger partial charge on any atom is -0.271 e. The molecule has 0 aliphatic carbocycles. The van der Waals surface area contributed by atoms with Crippen LogP contribution in [-0.4, -0.2) is 24.5 Å². The molecule has 3 nitrogen and oxygen atoms in total. The maximum absolute atomic E-state index is 10.6. The zero-order chi connectivity index (χ0) is 5.98. The van der Waals surface area contributed by atoms with E-state index in [0.29, 0.717) is 6.54 Å². The van der Waals surface area contributed by atoms with Gasteiger partial charge in [-0.05, 0) is 0 Å². The lowest BCUT2D eigenvalue weighted by Crippen LogP contribution is -2.36. The van der Waals surface area contributed by atoms with Crippen LogP contribution in [0.2, 0.25) is 0 Å². The Bertz CT molecular complexity index is 130. The topological polar surface area (TPSA) is 32.3 Å². The van der Waals surface area contributed by atoms with Crippen molar-refractivity contribution in [1.82, 2.24) is 10.4 Å². The fourth-order valence-corrected chi connectivity index (χ4v) is 0.640. The molecule has 1 rings (SSSR count). The molecule has 1 aliphatic rings. The second-order valence-corrected chi connectivity index (χ2v) is 1.57. The highest BCUT2D eigenvalue weighted by Crippen LogP contribution is 1.94. The van der Waals surface area contributed by atoms with E-state index in [9.17, 15) is 4.79 Å². The van der Waals surface area contributed by atoms with E-state index in [4.69, 9.17) is 0 Å². The zero-order valence-electron chi connectivity index (χ0n) is 4.72. The summed E-state index contributed by atoms with van der Waals surface area (Å²) in [4.78, 5) is 10.6. The quantitative estimate of drug-likeness (QED) is 0.497. The second-order valence-electron chi connectivity index (χ2n) is 1.57. The van der Waals surface area contributed by atoms with Gasteiger partial charge < -0.3 is 0 Å². The van der Waals surface area contributed by atoms with Crippen molar-refractivity contribution in [1.29, 1.82) is 0 Å². The number of carbonyl (C=O) groups excluding carboxylic acids is 1. The summed E-state index contributed by atoms with van der Waals surface area (Å²) < 4.78 is 0. The highest BCUT2D eigenvalue weighted by atomic mass is 16.2. The van der Waals surface area contributed by atoms with Crippen LogP contribution in [0, 0.1) is 0 Å². The molecular formula is C5H8N2O. The van der Waals surface area contributed by atoms with E-state index in [2.05, 4.69) is 5.43 Å². The molecule has 8 heavy (non-hydrogen) atoms. The lowest BCUT2D eigenvalue weighted by atomic mass is 10.6. The molecule has 0 aromatic carbocycles. The van der Waals surface area contributed by atoms with Crippen molar-refractivity contribution < 1.29 is 4.79 Å². The molecule has 0 fully saturated rings. The Balaban J connectivity index is 2.51. The molecule has 0 saturated heterocycles. The Morgan fingerprint density at radius 2 is 2.62 bits per heavy atom. The molecule has 1 aliphatic heterocycles. The fourth-order valence-electron chi connectivity index (χ4n) is 0.640. The minimum atomic E-state index is 0.0347. The maximum atomic E-state index is 10.6. The third-order valence-electron chi connectivity index (χ3n) is 1.08. The van der Waals surface area contributed by atoms with Crippen LogP contribution in [0.1, 0.15) is 0 Å². The molecule has 0 spiro atoms. The van der Waals surface area contributed by atoms with Gasteiger partial charge in [-0.3, -0.25) is 9.80 Å². The highest BCUT2D eigenvalue weighted by Gasteiger charge is 2.10. The van der Waals surface area contributed by atoms with Crippen molar-refractivity contribution in [2.75, 3.05) is 13.6 Å². The van der Waals surface area contributed by atoms with Crippen LogP contribution < -0.4 is 5.43 Å². The Kier molecular flexibility index (Phi) is 1.30. The first-order valence-corrected chi connectivity index (χ1v) is 2.50. The van der Waals surface area contributed by atoms with E-state index in [1.165, 1.54) is 5.01 Å². The highest BCUT2D eigenvalue weighted by molar-refractivity contribution is 5.89. The van der Waals surface area contributed by atoms with E-state index in [0.717, 1.165) is 0 Å². The molecule has 3 heteroatoms. The first kappa shape index (κ1) is 5.31. The van der Waals surface area contributed by atoms with E-state index in [1.54, 1.807) is 13.1 Å². The van der Waals surface area contributed by atoms with Gasteiger partial charge in [-0.15, -0.1) is 0 Å². The number of rotatable bonds is 1. The summed E-state index contributed by atoms with van der Waals surface area (Å²) in [6, 6.07) is 0. The lowest BCUT2D eigenvalue weighted by Gasteiger charge is -2.11. The van der Waals surface area contributed by atoms with Crippen molar-refractivity contribution in [3.8, 4) is 0 Å². The molecule has 1 heterocycles. The average Bonchev–Trinajstić information content (AvgIpc) is 2.14. The summed E-state index contributed by atoms with van der Waals surface area (Å²) in [6.07, 6.45) is 3.37. The molecule has 0 saturated carbocycles. The van der Waals surface area contributed by atoms with Crippen LogP contribution in [0.5, 0.6) is 0 Å². The molecule has 1 N–H and O–H groups in total. The van der Waals surface area contributed by atoms with E-state index in [1.807, 2.05) is 6.08 Å². The third-order valence-corrected chi connectivity index (χ3v) is 1.08. The second kappa shape index (κ2) is 1.96. The van der Waals surface area contributed by atoms with Gasteiger partial charge in [-0.2, -0.15) is 0 Å². The number of nitrogens with one attached hydrogen (secondary N) is 1. The van der Waals surface area contributed by atoms with Crippen LogP contribution in [-0.2, 0) is 4.79 Å². The molecule has 0 radical (unpaired) electrons. The van der Waals surface area contributed by atoms with Gasteiger partial charge in [0.25, 0.3) is 5.91 Å². The van der Waals surface area contributed by atoms with Gasteiger partial charge in [0.15, 0.2) is 0 Å². The van der Waals surface area contributed by atoms with Crippen LogP contribution >= 0.6 is 0 Å². The Morgan fingerprint density at radius 1 is 1.88 bits per heavy atom. The zero-order valence-corrected chi connectivity index (χ0v) is 4.72. The van der Waals surface area contributed by atoms with Gasteiger partial charge >= 0.3 is 0 Å². The molecule has 0 unspecified atom stereocenters. The van der Waals surface area contributed by atoms with Crippen LogP contribution in [0.15, 0.2) is 12.2 Å². The van der Waals surface area contributed by atoms with Crippen molar-refractivity contribution in [3.63, 3.8) is 0 Å². The Hall–Kier alpha value is -0.830. The number of hydrogen-bond acceptors (Lipinski definition) is 2. The smallest absolute Gasteiger partial charge is 0.260 e. The molecule has 0 aromatic heterocycles. The standard InChI is InChI=1S/C5H8N2O/c1-6-7-4-2-3-5(7)8/h2-3,6H,4H2,1H3. The van der Waals surface area contributed by atoms with Crippen molar-refractivity contribution in [3.05, 3.63) is 12.2 Å². The van der Waals surface area contributed by atoms with Gasteiger partial charge in [0.05, 0.1) is 6.54 Å². The molecule has 44 valence electrons. The van der Waals surface area contributed by atoms with Gasteiger partial charge in [-0.1, -0.05) is 6.08 Å². The van der Waals surface area contributed by atoms with Gasteiger partial charge in [0, 0.05) is 13.1 Å². The normalized spacial score (nSPS) is 18.1. The summed E-state index contributed by atoms with van der Waals surface area (Å²) in [5.74, 6) is 0.0347. The molecule has 0 aromatic rings. The molecule has 0 atom stereocenters. The van der Waals surface area contributed by atoms with E-state index < -0.39 is 0 Å². The van der Waals surface area contributed by atoms with Crippen molar-refractivity contribution in [2.24, 2.45) is 0 Å². The summed E-state index contributed by atoms with van der Waals surface area (Å²) in [5, 5.41) is 1.53. The summed E-state index contributed by atoms with van der Waals surface area (Å²) in [6.45, 7) is 0.690. The van der Waals surface area contributed by atoms with E-state index >= 15 is 0 Å². The number of carbonyl (C=O) groups is 1. The average molecular weight is 112 g/mol. The van der Waals surface area contributed by atoms with Crippen LogP contribution in [0.3, 0.4) is 0 Å². The summed E-state index contributed by atoms with van der Waals surface area (Å²) in [7, 11) is 1.73. The van der Waals surface area contributed by atoms with Crippen LogP contribution in [0.4, 0.5) is 0 Å². The predicted molar refractivity (Wildman–Crippen MR) is 29.9 cm³/mol. The fraction of sp³-hybridized carbons (Fsp3) is 0.400. The predicted octanol–water partition coefficient (Wildman–Crippen LogP) is -0.481. The maximum Gasteiger partial charge on any atom is 0.260 e. The third kappa shape index (κ3) is 0.721. The number of amides is 1. The van der Waals surface area contributed by atoms with Crippen molar-refractivity contribution >= 4 is 5.91 Å².